The van der Waals surface area contributed by atoms with Gasteiger partial charge in [0.2, 0.25) is 0 Å². The molecule has 9 nitrogen and oxygen atoms in total. The molecule has 1 amide bonds. The predicted octanol–water partition coefficient (Wildman–Crippen LogP) is 3.66. The van der Waals surface area contributed by atoms with Gasteiger partial charge in [-0.2, -0.15) is 5.06 Å². The van der Waals surface area contributed by atoms with E-state index >= 15 is 0 Å². The number of amides is 1. The van der Waals surface area contributed by atoms with Gasteiger partial charge in [-0.05, 0) is 25.0 Å². The number of aromatic nitrogens is 2. The number of carbonyl (C=O) groups is 3. The van der Waals surface area contributed by atoms with Gasteiger partial charge in [0.1, 0.15) is 24.9 Å². The van der Waals surface area contributed by atoms with Crippen molar-refractivity contribution < 1.29 is 28.7 Å². The largest absolute Gasteiger partial charge is 0.466 e. The molecule has 35 heavy (non-hydrogen) atoms. The molecule has 2 aromatic carbocycles. The van der Waals surface area contributed by atoms with Crippen LogP contribution in [0.2, 0.25) is 0 Å². The van der Waals surface area contributed by atoms with Gasteiger partial charge in [0.05, 0.1) is 18.9 Å². The molecule has 0 atom stereocenters. The molecule has 0 N–H and O–H groups in total. The van der Waals surface area contributed by atoms with Gasteiger partial charge < -0.3 is 9.47 Å². The van der Waals surface area contributed by atoms with E-state index < -0.39 is 24.3 Å². The number of rotatable bonds is 11. The number of hydrogen-bond acceptors (Lipinski definition) is 8. The van der Waals surface area contributed by atoms with Crippen molar-refractivity contribution >= 4 is 23.7 Å². The molecule has 9 heteroatoms. The van der Waals surface area contributed by atoms with E-state index in [-0.39, 0.29) is 31.2 Å². The molecule has 3 aromatic rings. The third-order valence-electron chi connectivity index (χ3n) is 4.82. The lowest BCUT2D eigenvalue weighted by Gasteiger charge is -2.23. The Bertz CT molecular complexity index is 1140. The van der Waals surface area contributed by atoms with E-state index in [2.05, 4.69) is 9.97 Å². The summed E-state index contributed by atoms with van der Waals surface area (Å²) >= 11 is 0. The lowest BCUT2D eigenvalue weighted by Crippen LogP contribution is -2.35. The van der Waals surface area contributed by atoms with Crippen LogP contribution in [0.1, 0.15) is 47.4 Å². The minimum absolute atomic E-state index is 0.00427. The zero-order valence-electron chi connectivity index (χ0n) is 19.7. The molecule has 0 radical (unpaired) electrons. The second kappa shape index (κ2) is 13.0. The number of ether oxygens (including phenoxy) is 2. The molecule has 0 spiro atoms. The number of anilines is 1. The molecule has 0 unspecified atom stereocenters. The van der Waals surface area contributed by atoms with Crippen LogP contribution in [0.25, 0.3) is 0 Å². The summed E-state index contributed by atoms with van der Waals surface area (Å²) < 4.78 is 10.2. The number of hydroxylamine groups is 1. The number of hydrogen-bond donors (Lipinski definition) is 0. The summed E-state index contributed by atoms with van der Waals surface area (Å²) in [7, 11) is 0. The highest BCUT2D eigenvalue weighted by atomic mass is 16.7. The van der Waals surface area contributed by atoms with Crippen molar-refractivity contribution in [3.05, 3.63) is 89.4 Å². The van der Waals surface area contributed by atoms with Crippen molar-refractivity contribution in [3.63, 3.8) is 0 Å². The van der Waals surface area contributed by atoms with E-state index in [1.165, 1.54) is 6.33 Å². The first kappa shape index (κ1) is 25.5. The van der Waals surface area contributed by atoms with Crippen LogP contribution in [0, 0.1) is 0 Å². The Morgan fingerprint density at radius 3 is 2.09 bits per heavy atom. The number of carbonyl (C=O) groups excluding carboxylic acids is 3. The first-order valence-electron chi connectivity index (χ1n) is 11.2. The summed E-state index contributed by atoms with van der Waals surface area (Å²) in [6, 6.07) is 18.6. The van der Waals surface area contributed by atoms with Crippen LogP contribution < -0.4 is 5.06 Å². The number of nitrogens with zero attached hydrogens (tertiary/aromatic N) is 3. The monoisotopic (exact) mass is 477 g/mol. The van der Waals surface area contributed by atoms with Gasteiger partial charge in [-0.15, -0.1) is 0 Å². The van der Waals surface area contributed by atoms with E-state index in [1.54, 1.807) is 13.8 Å². The van der Waals surface area contributed by atoms with Gasteiger partial charge >= 0.3 is 11.9 Å². The van der Waals surface area contributed by atoms with Crippen molar-refractivity contribution in [3.8, 4) is 0 Å². The highest BCUT2D eigenvalue weighted by Gasteiger charge is 2.30. The molecule has 0 saturated heterocycles. The van der Waals surface area contributed by atoms with E-state index in [4.69, 9.17) is 14.3 Å². The second-order valence-electron chi connectivity index (χ2n) is 7.33. The minimum atomic E-state index is -0.741. The van der Waals surface area contributed by atoms with Crippen LogP contribution in [-0.2, 0) is 36.9 Å². The second-order valence-corrected chi connectivity index (χ2v) is 7.33. The zero-order valence-corrected chi connectivity index (χ0v) is 19.7. The third-order valence-corrected chi connectivity index (χ3v) is 4.82. The van der Waals surface area contributed by atoms with E-state index in [0.29, 0.717) is 12.1 Å². The number of benzene rings is 2. The van der Waals surface area contributed by atoms with E-state index in [0.717, 1.165) is 16.2 Å². The fraction of sp³-hybridized carbons (Fsp3) is 0.269. The predicted molar refractivity (Wildman–Crippen MR) is 127 cm³/mol. The topological polar surface area (TPSA) is 108 Å². The van der Waals surface area contributed by atoms with Gasteiger partial charge in [-0.1, -0.05) is 60.7 Å². The van der Waals surface area contributed by atoms with Gasteiger partial charge in [0, 0.05) is 6.42 Å². The summed E-state index contributed by atoms with van der Waals surface area (Å²) in [4.78, 5) is 52.5. The van der Waals surface area contributed by atoms with Crippen LogP contribution >= 0.6 is 0 Å². The summed E-state index contributed by atoms with van der Waals surface area (Å²) in [5, 5.41) is 0.854. The Morgan fingerprint density at radius 1 is 0.829 bits per heavy atom. The molecule has 1 aromatic heterocycles. The Balaban J connectivity index is 2.03. The van der Waals surface area contributed by atoms with Crippen molar-refractivity contribution in [2.45, 2.75) is 33.3 Å². The van der Waals surface area contributed by atoms with Crippen LogP contribution in [0.3, 0.4) is 0 Å². The van der Waals surface area contributed by atoms with Crippen molar-refractivity contribution in [2.24, 2.45) is 0 Å². The minimum Gasteiger partial charge on any atom is -0.466 e. The summed E-state index contributed by atoms with van der Waals surface area (Å²) in [5.74, 6) is -2.27. The summed E-state index contributed by atoms with van der Waals surface area (Å²) in [6.07, 6.45) is 0.943. The molecule has 0 aliphatic carbocycles. The maximum Gasteiger partial charge on any atom is 0.343 e. The van der Waals surface area contributed by atoms with Crippen molar-refractivity contribution in [1.29, 1.82) is 0 Å². The first-order valence-corrected chi connectivity index (χ1v) is 11.2. The Labute approximate surface area is 203 Å². The molecular weight excluding hydrogens is 450 g/mol. The fourth-order valence-corrected chi connectivity index (χ4v) is 3.27. The SMILES string of the molecule is CCOC(=O)CC(=O)N(OCc1ccccc1)c1ncnc(Cc2ccccc2)c1C(=O)OCC. The molecular formula is C26H27N3O6. The average Bonchev–Trinajstić information content (AvgIpc) is 2.86. The van der Waals surface area contributed by atoms with E-state index in [9.17, 15) is 14.4 Å². The maximum absolute atomic E-state index is 13.1. The van der Waals surface area contributed by atoms with Gasteiger partial charge in [-0.25, -0.2) is 14.8 Å². The lowest BCUT2D eigenvalue weighted by atomic mass is 10.1. The smallest absolute Gasteiger partial charge is 0.343 e. The Kier molecular flexibility index (Phi) is 9.44. The van der Waals surface area contributed by atoms with Crippen LogP contribution in [0.5, 0.6) is 0 Å². The molecule has 0 aliphatic rings. The first-order chi connectivity index (χ1) is 17.0. The molecule has 1 heterocycles. The molecule has 0 fully saturated rings. The Morgan fingerprint density at radius 2 is 1.46 bits per heavy atom. The highest BCUT2D eigenvalue weighted by Crippen LogP contribution is 2.25. The van der Waals surface area contributed by atoms with Crippen LogP contribution in [0.15, 0.2) is 67.0 Å². The third kappa shape index (κ3) is 7.18. The van der Waals surface area contributed by atoms with Gasteiger partial charge in [-0.3, -0.25) is 14.4 Å². The molecule has 0 bridgehead atoms. The van der Waals surface area contributed by atoms with E-state index in [1.807, 2.05) is 60.7 Å². The molecule has 182 valence electrons. The van der Waals surface area contributed by atoms with Crippen molar-refractivity contribution in [1.82, 2.24) is 9.97 Å². The molecule has 0 aliphatic heterocycles. The summed E-state index contributed by atoms with van der Waals surface area (Å²) in [6.45, 7) is 3.55. The van der Waals surface area contributed by atoms with Crippen molar-refractivity contribution in [2.75, 3.05) is 18.3 Å². The van der Waals surface area contributed by atoms with Crippen LogP contribution in [0.4, 0.5) is 5.82 Å². The standard InChI is InChI=1S/C26H27N3O6/c1-3-33-23(31)16-22(30)29(35-17-20-13-9-6-10-14-20)25-24(26(32)34-4-2)21(27-18-28-25)15-19-11-7-5-8-12-19/h5-14,18H,3-4,15-17H2,1-2H3. The zero-order chi connectivity index (χ0) is 25.0. The van der Waals surface area contributed by atoms with Crippen LogP contribution in [-0.4, -0.2) is 41.0 Å². The quantitative estimate of drug-likeness (QED) is 0.234. The normalized spacial score (nSPS) is 10.5. The fourth-order valence-electron chi connectivity index (χ4n) is 3.27. The van der Waals surface area contributed by atoms with Gasteiger partial charge in [0.25, 0.3) is 5.91 Å². The average molecular weight is 478 g/mol. The number of esters is 2. The summed E-state index contributed by atoms with van der Waals surface area (Å²) in [5.41, 5.74) is 2.02. The Hall–Kier alpha value is -4.11. The molecule has 3 rings (SSSR count). The maximum atomic E-state index is 13.1. The lowest BCUT2D eigenvalue weighted by molar-refractivity contribution is -0.147. The highest BCUT2D eigenvalue weighted by molar-refractivity contribution is 6.05. The van der Waals surface area contributed by atoms with Gasteiger partial charge in [0.15, 0.2) is 5.82 Å². The molecule has 0 saturated carbocycles.